The maximum absolute atomic E-state index is 5.66. The van der Waals surface area contributed by atoms with Crippen LogP contribution in [0.4, 0.5) is 0 Å². The maximum atomic E-state index is 5.66. The monoisotopic (exact) mass is 326 g/mol. The summed E-state index contributed by atoms with van der Waals surface area (Å²) < 4.78 is 0. The molecule has 0 saturated carbocycles. The van der Waals surface area contributed by atoms with Crippen molar-refractivity contribution in [2.24, 2.45) is 0 Å². The summed E-state index contributed by atoms with van der Waals surface area (Å²) in [5.41, 5.74) is 10.5. The molecular weight excluding hydrogens is 312 g/mol. The van der Waals surface area contributed by atoms with E-state index in [1.54, 1.807) is 0 Å². The smallest absolute Gasteiger partial charge is 0.0350 e. The van der Waals surface area contributed by atoms with Gasteiger partial charge < -0.3 is 0 Å². The molecule has 3 aliphatic rings. The van der Waals surface area contributed by atoms with Crippen molar-refractivity contribution in [3.05, 3.63) is 105 Å². The standard InChI is InChI=1S/C26H14/c1-4-16-7-10-19-22(13-16)26-23-14-17(5-2)8-11-20(23)25(19)21-12-9-18(6-3)15-24(21)26/h1-3,7-15,25-26H. The first-order chi connectivity index (χ1) is 12.7. The van der Waals surface area contributed by atoms with Gasteiger partial charge in [-0.05, 0) is 69.8 Å². The van der Waals surface area contributed by atoms with Crippen molar-refractivity contribution in [1.29, 1.82) is 0 Å². The van der Waals surface area contributed by atoms with Crippen molar-refractivity contribution < 1.29 is 0 Å². The molecule has 0 unspecified atom stereocenters. The van der Waals surface area contributed by atoms with Gasteiger partial charge in [0.05, 0.1) is 0 Å². The third kappa shape index (κ3) is 1.78. The first-order valence-corrected chi connectivity index (χ1v) is 8.56. The molecule has 0 nitrogen and oxygen atoms in total. The van der Waals surface area contributed by atoms with Crippen LogP contribution in [0.25, 0.3) is 0 Å². The van der Waals surface area contributed by atoms with Crippen LogP contribution in [0.2, 0.25) is 0 Å². The number of hydrogen-bond donors (Lipinski definition) is 0. The highest BCUT2D eigenvalue weighted by molar-refractivity contribution is 5.70. The third-order valence-corrected chi connectivity index (χ3v) is 5.63. The molecule has 6 rings (SSSR count). The van der Waals surface area contributed by atoms with Crippen LogP contribution in [0.3, 0.4) is 0 Å². The average molecular weight is 326 g/mol. The van der Waals surface area contributed by atoms with Crippen molar-refractivity contribution in [2.45, 2.75) is 11.8 Å². The van der Waals surface area contributed by atoms with Gasteiger partial charge in [0.1, 0.15) is 0 Å². The lowest BCUT2D eigenvalue weighted by molar-refractivity contribution is 0.753. The van der Waals surface area contributed by atoms with Gasteiger partial charge in [-0.2, -0.15) is 0 Å². The van der Waals surface area contributed by atoms with Crippen molar-refractivity contribution in [2.75, 3.05) is 0 Å². The minimum absolute atomic E-state index is 0.120. The zero-order valence-corrected chi connectivity index (χ0v) is 14.1. The summed E-state index contributed by atoms with van der Waals surface area (Å²) in [6, 6.07) is 19.1. The highest BCUT2D eigenvalue weighted by Gasteiger charge is 2.41. The molecule has 0 atom stereocenters. The predicted octanol–water partition coefficient (Wildman–Crippen LogP) is 4.62. The Bertz CT molecular complexity index is 1060. The van der Waals surface area contributed by atoms with Crippen LogP contribution in [0, 0.1) is 37.0 Å². The summed E-state index contributed by atoms with van der Waals surface area (Å²) in [7, 11) is 0. The Morgan fingerprint density at radius 1 is 0.462 bits per heavy atom. The molecule has 0 heteroatoms. The topological polar surface area (TPSA) is 0 Å². The summed E-state index contributed by atoms with van der Waals surface area (Å²) >= 11 is 0. The molecule has 0 aliphatic heterocycles. The molecule has 0 N–H and O–H groups in total. The maximum Gasteiger partial charge on any atom is 0.0350 e. The Kier molecular flexibility index (Phi) is 2.91. The van der Waals surface area contributed by atoms with Gasteiger partial charge in [-0.3, -0.25) is 0 Å². The van der Waals surface area contributed by atoms with Gasteiger partial charge in [-0.25, -0.2) is 0 Å². The Morgan fingerprint density at radius 3 is 1.08 bits per heavy atom. The first-order valence-electron chi connectivity index (χ1n) is 8.56. The lowest BCUT2D eigenvalue weighted by Crippen LogP contribution is -2.27. The van der Waals surface area contributed by atoms with E-state index in [2.05, 4.69) is 54.2 Å². The number of benzene rings is 3. The molecular formula is C26H14. The minimum Gasteiger partial charge on any atom is -0.115 e. The summed E-state index contributed by atoms with van der Waals surface area (Å²) in [6.07, 6.45) is 17.0. The zero-order chi connectivity index (χ0) is 17.8. The molecule has 3 aliphatic carbocycles. The molecule has 118 valence electrons. The van der Waals surface area contributed by atoms with Gasteiger partial charge in [0.2, 0.25) is 0 Å². The molecule has 0 saturated heterocycles. The highest BCUT2D eigenvalue weighted by atomic mass is 14.4. The fraction of sp³-hybridized carbons (Fsp3) is 0.0769. The Balaban J connectivity index is 1.87. The lowest BCUT2D eigenvalue weighted by Gasteiger charge is -2.42. The second-order valence-electron chi connectivity index (χ2n) is 6.83. The molecule has 0 aromatic heterocycles. The third-order valence-electron chi connectivity index (χ3n) is 5.63. The van der Waals surface area contributed by atoms with E-state index in [-0.39, 0.29) is 11.8 Å². The minimum atomic E-state index is 0.120. The first kappa shape index (κ1) is 14.7. The number of hydrogen-bond acceptors (Lipinski definition) is 0. The van der Waals surface area contributed by atoms with E-state index in [1.165, 1.54) is 33.4 Å². The van der Waals surface area contributed by atoms with Crippen LogP contribution in [0.15, 0.2) is 54.6 Å². The van der Waals surface area contributed by atoms with Gasteiger partial charge in [0.25, 0.3) is 0 Å². The Hall–Kier alpha value is -3.66. The molecule has 2 bridgehead atoms. The van der Waals surface area contributed by atoms with Crippen molar-refractivity contribution >= 4 is 0 Å². The largest absolute Gasteiger partial charge is 0.115 e. The molecule has 0 spiro atoms. The van der Waals surface area contributed by atoms with E-state index in [9.17, 15) is 0 Å². The molecule has 0 fully saturated rings. The van der Waals surface area contributed by atoms with Gasteiger partial charge in [0, 0.05) is 28.5 Å². The van der Waals surface area contributed by atoms with Gasteiger partial charge >= 0.3 is 0 Å². The molecule has 0 heterocycles. The van der Waals surface area contributed by atoms with Crippen molar-refractivity contribution in [3.63, 3.8) is 0 Å². The van der Waals surface area contributed by atoms with Crippen LogP contribution < -0.4 is 0 Å². The highest BCUT2D eigenvalue weighted by Crippen LogP contribution is 2.56. The van der Waals surface area contributed by atoms with E-state index in [0.29, 0.717) is 0 Å². The molecule has 0 amide bonds. The summed E-state index contributed by atoms with van der Waals surface area (Å²) in [4.78, 5) is 0. The fourth-order valence-corrected chi connectivity index (χ4v) is 4.54. The van der Waals surface area contributed by atoms with Crippen LogP contribution in [0.1, 0.15) is 61.9 Å². The second kappa shape index (κ2) is 5.17. The van der Waals surface area contributed by atoms with Crippen LogP contribution in [-0.4, -0.2) is 0 Å². The van der Waals surface area contributed by atoms with Gasteiger partial charge in [0.15, 0.2) is 0 Å². The molecule has 3 aromatic rings. The normalized spacial score (nSPS) is 17.9. The number of rotatable bonds is 0. The Morgan fingerprint density at radius 2 is 0.769 bits per heavy atom. The van der Waals surface area contributed by atoms with E-state index in [1.807, 2.05) is 18.2 Å². The summed E-state index contributed by atoms with van der Waals surface area (Å²) in [6.45, 7) is 0. The lowest BCUT2D eigenvalue weighted by atomic mass is 9.60. The van der Waals surface area contributed by atoms with E-state index in [0.717, 1.165) is 16.7 Å². The molecule has 0 radical (unpaired) electrons. The van der Waals surface area contributed by atoms with Gasteiger partial charge in [-0.15, -0.1) is 19.3 Å². The van der Waals surface area contributed by atoms with Crippen LogP contribution in [-0.2, 0) is 0 Å². The van der Waals surface area contributed by atoms with E-state index >= 15 is 0 Å². The van der Waals surface area contributed by atoms with E-state index < -0.39 is 0 Å². The fourth-order valence-electron chi connectivity index (χ4n) is 4.54. The van der Waals surface area contributed by atoms with Crippen molar-refractivity contribution in [1.82, 2.24) is 0 Å². The second-order valence-corrected chi connectivity index (χ2v) is 6.83. The quantitative estimate of drug-likeness (QED) is 0.364. The number of terminal acetylenes is 3. The van der Waals surface area contributed by atoms with E-state index in [4.69, 9.17) is 19.3 Å². The predicted molar refractivity (Wildman–Crippen MR) is 105 cm³/mol. The van der Waals surface area contributed by atoms with Crippen molar-refractivity contribution in [3.8, 4) is 37.0 Å². The molecule has 26 heavy (non-hydrogen) atoms. The van der Waals surface area contributed by atoms with Crippen LogP contribution in [0.5, 0.6) is 0 Å². The van der Waals surface area contributed by atoms with Gasteiger partial charge in [-0.1, -0.05) is 36.0 Å². The molecule has 3 aromatic carbocycles. The average Bonchev–Trinajstić information content (AvgIpc) is 2.71. The van der Waals surface area contributed by atoms with Crippen LogP contribution >= 0.6 is 0 Å². The summed E-state index contributed by atoms with van der Waals surface area (Å²) in [5, 5.41) is 0. The Labute approximate surface area is 153 Å². The SMILES string of the molecule is C#Cc1ccc2c(c1)C1c3cc(C#C)ccc3C2c2ccc(C#C)cc21. The zero-order valence-electron chi connectivity index (χ0n) is 14.1. The summed E-state index contributed by atoms with van der Waals surface area (Å²) in [5.74, 6) is 8.61.